The fraction of sp³-hybridized carbons (Fsp3) is 0.385. The van der Waals surface area contributed by atoms with Gasteiger partial charge in [0.25, 0.3) is 0 Å². The van der Waals surface area contributed by atoms with Crippen molar-refractivity contribution in [3.63, 3.8) is 0 Å². The number of imidazole rings is 1. The largest absolute Gasteiger partial charge is 0.478 e. The maximum atomic E-state index is 13.1. The molecule has 1 fully saturated rings. The van der Waals surface area contributed by atoms with Gasteiger partial charge < -0.3 is 9.67 Å². The van der Waals surface area contributed by atoms with E-state index in [9.17, 15) is 18.0 Å². The molecular formula is C13H11F3N2O2. The van der Waals surface area contributed by atoms with Gasteiger partial charge >= 0.3 is 12.1 Å². The third-order valence-electron chi connectivity index (χ3n) is 3.68. The first-order valence-electron chi connectivity index (χ1n) is 6.06. The second kappa shape index (κ2) is 3.74. The van der Waals surface area contributed by atoms with Gasteiger partial charge in [-0.25, -0.2) is 9.78 Å². The van der Waals surface area contributed by atoms with Gasteiger partial charge in [0.2, 0.25) is 5.82 Å². The van der Waals surface area contributed by atoms with Crippen LogP contribution in [0.3, 0.4) is 0 Å². The van der Waals surface area contributed by atoms with Crippen LogP contribution in [-0.4, -0.2) is 20.6 Å². The Morgan fingerprint density at radius 1 is 1.40 bits per heavy atom. The summed E-state index contributed by atoms with van der Waals surface area (Å²) < 4.78 is 40.6. The predicted molar refractivity (Wildman–Crippen MR) is 64.6 cm³/mol. The highest BCUT2D eigenvalue weighted by atomic mass is 19.4. The van der Waals surface area contributed by atoms with Crippen molar-refractivity contribution >= 4 is 17.0 Å². The van der Waals surface area contributed by atoms with Crippen molar-refractivity contribution < 1.29 is 23.1 Å². The van der Waals surface area contributed by atoms with E-state index in [0.29, 0.717) is 12.8 Å². The van der Waals surface area contributed by atoms with Crippen LogP contribution >= 0.6 is 0 Å². The van der Waals surface area contributed by atoms with E-state index in [-0.39, 0.29) is 16.6 Å². The number of carboxylic acids is 1. The minimum atomic E-state index is -4.61. The number of carbonyl (C=O) groups is 1. The highest BCUT2D eigenvalue weighted by Crippen LogP contribution is 2.48. The van der Waals surface area contributed by atoms with Crippen molar-refractivity contribution in [3.8, 4) is 0 Å². The first-order valence-corrected chi connectivity index (χ1v) is 6.06. The van der Waals surface area contributed by atoms with E-state index < -0.39 is 23.5 Å². The number of aromatic nitrogens is 2. The van der Waals surface area contributed by atoms with E-state index in [2.05, 4.69) is 4.98 Å². The molecule has 0 saturated heterocycles. The molecule has 1 N–H and O–H groups in total. The summed E-state index contributed by atoms with van der Waals surface area (Å²) in [6.45, 7) is 1.72. The van der Waals surface area contributed by atoms with Crippen molar-refractivity contribution in [3.05, 3.63) is 29.6 Å². The van der Waals surface area contributed by atoms with E-state index in [4.69, 9.17) is 5.11 Å². The summed E-state index contributed by atoms with van der Waals surface area (Å²) in [5.41, 5.74) is -0.731. The fourth-order valence-corrected chi connectivity index (χ4v) is 2.41. The molecule has 1 aliphatic carbocycles. The quantitative estimate of drug-likeness (QED) is 0.920. The Morgan fingerprint density at radius 3 is 2.55 bits per heavy atom. The number of alkyl halides is 3. The molecule has 1 aromatic carbocycles. The molecule has 0 radical (unpaired) electrons. The smallest absolute Gasteiger partial charge is 0.449 e. The van der Waals surface area contributed by atoms with E-state index in [1.54, 1.807) is 6.92 Å². The van der Waals surface area contributed by atoms with Crippen LogP contribution in [0, 0.1) is 0 Å². The summed E-state index contributed by atoms with van der Waals surface area (Å²) in [7, 11) is 0. The zero-order valence-corrected chi connectivity index (χ0v) is 10.5. The SMILES string of the molecule is CC1(n2c(C(F)(F)F)nc3c(C(=O)O)cccc32)CC1. The summed E-state index contributed by atoms with van der Waals surface area (Å²) >= 11 is 0. The van der Waals surface area contributed by atoms with E-state index in [1.807, 2.05) is 0 Å². The van der Waals surface area contributed by atoms with Crippen LogP contribution in [0.2, 0.25) is 0 Å². The van der Waals surface area contributed by atoms with Crippen LogP contribution in [0.1, 0.15) is 35.9 Å². The highest BCUT2D eigenvalue weighted by Gasteiger charge is 2.48. The molecule has 0 atom stereocenters. The van der Waals surface area contributed by atoms with Gasteiger partial charge in [0.05, 0.1) is 11.1 Å². The summed E-state index contributed by atoms with van der Waals surface area (Å²) in [4.78, 5) is 14.7. The van der Waals surface area contributed by atoms with Gasteiger partial charge in [-0.05, 0) is 31.9 Å². The first-order chi connectivity index (χ1) is 9.24. The van der Waals surface area contributed by atoms with Gasteiger partial charge in [0.15, 0.2) is 0 Å². The van der Waals surface area contributed by atoms with Crippen LogP contribution in [-0.2, 0) is 11.7 Å². The Kier molecular flexibility index (Phi) is 2.42. The number of rotatable bonds is 2. The lowest BCUT2D eigenvalue weighted by Gasteiger charge is -2.17. The fourth-order valence-electron chi connectivity index (χ4n) is 2.41. The van der Waals surface area contributed by atoms with Crippen LogP contribution in [0.4, 0.5) is 13.2 Å². The van der Waals surface area contributed by atoms with Crippen molar-refractivity contribution in [2.45, 2.75) is 31.5 Å². The zero-order chi connectivity index (χ0) is 14.7. The Balaban J connectivity index is 2.39. The lowest BCUT2D eigenvalue weighted by Crippen LogP contribution is -2.22. The number of benzene rings is 1. The van der Waals surface area contributed by atoms with E-state index in [0.717, 1.165) is 4.57 Å². The molecule has 3 rings (SSSR count). The molecule has 106 valence electrons. The minimum absolute atomic E-state index is 0.111. The lowest BCUT2D eigenvalue weighted by molar-refractivity contribution is -0.147. The summed E-state index contributed by atoms with van der Waals surface area (Å²) in [6.07, 6.45) is -3.36. The van der Waals surface area contributed by atoms with Gasteiger partial charge in [-0.2, -0.15) is 13.2 Å². The molecule has 1 heterocycles. The van der Waals surface area contributed by atoms with Gasteiger partial charge in [-0.3, -0.25) is 0 Å². The number of aromatic carboxylic acids is 1. The van der Waals surface area contributed by atoms with Gasteiger partial charge in [-0.1, -0.05) is 6.07 Å². The lowest BCUT2D eigenvalue weighted by atomic mass is 10.2. The van der Waals surface area contributed by atoms with Crippen LogP contribution < -0.4 is 0 Å². The van der Waals surface area contributed by atoms with Gasteiger partial charge in [-0.15, -0.1) is 0 Å². The molecule has 0 aliphatic heterocycles. The molecule has 0 bridgehead atoms. The molecule has 1 aliphatic rings. The Morgan fingerprint density at radius 2 is 2.05 bits per heavy atom. The predicted octanol–water partition coefficient (Wildman–Crippen LogP) is 3.26. The standard InChI is InChI=1S/C13H11F3N2O2/c1-12(5-6-12)18-8-4-2-3-7(10(19)20)9(8)17-11(18)13(14,15)16/h2-4H,5-6H2,1H3,(H,19,20). The number of hydrogen-bond acceptors (Lipinski definition) is 2. The van der Waals surface area contributed by atoms with Crippen molar-refractivity contribution in [1.82, 2.24) is 9.55 Å². The average molecular weight is 284 g/mol. The maximum Gasteiger partial charge on any atom is 0.449 e. The molecular weight excluding hydrogens is 273 g/mol. The topological polar surface area (TPSA) is 55.1 Å². The molecule has 20 heavy (non-hydrogen) atoms. The molecule has 0 amide bonds. The van der Waals surface area contributed by atoms with Crippen LogP contribution in [0.15, 0.2) is 18.2 Å². The van der Waals surface area contributed by atoms with Gasteiger partial charge in [0.1, 0.15) is 5.52 Å². The Labute approximate surface area is 111 Å². The summed E-state index contributed by atoms with van der Waals surface area (Å²) in [5, 5.41) is 9.07. The number of carboxylic acid groups (broad SMARTS) is 1. The van der Waals surface area contributed by atoms with Crippen LogP contribution in [0.5, 0.6) is 0 Å². The summed E-state index contributed by atoms with van der Waals surface area (Å²) in [5.74, 6) is -2.31. The molecule has 7 heteroatoms. The van der Waals surface area contributed by atoms with Gasteiger partial charge in [0, 0.05) is 5.54 Å². The molecule has 1 aromatic heterocycles. The maximum absolute atomic E-state index is 13.1. The van der Waals surface area contributed by atoms with E-state index in [1.165, 1.54) is 18.2 Å². The Hall–Kier alpha value is -2.05. The normalized spacial score (nSPS) is 17.4. The average Bonchev–Trinajstić information content (AvgIpc) is 2.94. The molecule has 4 nitrogen and oxygen atoms in total. The second-order valence-corrected chi connectivity index (χ2v) is 5.24. The molecule has 0 unspecified atom stereocenters. The van der Waals surface area contributed by atoms with Crippen molar-refractivity contribution in [2.24, 2.45) is 0 Å². The zero-order valence-electron chi connectivity index (χ0n) is 10.5. The number of hydrogen-bond donors (Lipinski definition) is 1. The van der Waals surface area contributed by atoms with E-state index >= 15 is 0 Å². The highest BCUT2D eigenvalue weighted by molar-refractivity contribution is 6.01. The third kappa shape index (κ3) is 1.76. The molecule has 1 saturated carbocycles. The Bertz CT molecular complexity index is 714. The number of nitrogens with zero attached hydrogens (tertiary/aromatic N) is 2. The van der Waals surface area contributed by atoms with Crippen molar-refractivity contribution in [1.29, 1.82) is 0 Å². The van der Waals surface area contributed by atoms with Crippen LogP contribution in [0.25, 0.3) is 11.0 Å². The number of halogens is 3. The number of fused-ring (bicyclic) bond motifs is 1. The third-order valence-corrected chi connectivity index (χ3v) is 3.68. The number of para-hydroxylation sites is 1. The molecule has 0 spiro atoms. The second-order valence-electron chi connectivity index (χ2n) is 5.24. The molecule has 2 aromatic rings. The van der Waals surface area contributed by atoms with Crippen molar-refractivity contribution in [2.75, 3.05) is 0 Å². The monoisotopic (exact) mass is 284 g/mol. The first kappa shape index (κ1) is 13.0. The minimum Gasteiger partial charge on any atom is -0.478 e. The summed E-state index contributed by atoms with van der Waals surface area (Å²) in [6, 6.07) is 4.18.